The van der Waals surface area contributed by atoms with Crippen LogP contribution in [0.3, 0.4) is 0 Å². The first kappa shape index (κ1) is 19.9. The minimum absolute atomic E-state index is 0.0145. The number of hydrogen-bond donors (Lipinski definition) is 1. The first-order chi connectivity index (χ1) is 13.0. The summed E-state index contributed by atoms with van der Waals surface area (Å²) in [6.45, 7) is 3.22. The van der Waals surface area contributed by atoms with Gasteiger partial charge in [-0.2, -0.15) is 0 Å². The average molecular weight is 372 g/mol. The van der Waals surface area contributed by atoms with Crippen LogP contribution in [0, 0.1) is 12.8 Å². The van der Waals surface area contributed by atoms with E-state index in [-0.39, 0.29) is 23.8 Å². The van der Waals surface area contributed by atoms with E-state index in [2.05, 4.69) is 41.4 Å². The molecule has 27 heavy (non-hydrogen) atoms. The molecular weight excluding hydrogens is 338 g/mol. The van der Waals surface area contributed by atoms with E-state index in [0.717, 1.165) is 12.8 Å². The molecular formula is C22H33N3O2. The zero-order valence-electron chi connectivity index (χ0n) is 16.9. The lowest BCUT2D eigenvalue weighted by Gasteiger charge is -2.31. The van der Waals surface area contributed by atoms with Crippen LogP contribution < -0.4 is 5.32 Å². The molecule has 2 amide bonds. The number of likely N-dealkylation sites (N-methyl/N-ethyl adjacent to an activating group) is 1. The van der Waals surface area contributed by atoms with Gasteiger partial charge in [0, 0.05) is 25.6 Å². The van der Waals surface area contributed by atoms with Crippen molar-refractivity contribution in [2.45, 2.75) is 57.5 Å². The van der Waals surface area contributed by atoms with Crippen molar-refractivity contribution in [2.24, 2.45) is 5.92 Å². The van der Waals surface area contributed by atoms with Gasteiger partial charge in [-0.3, -0.25) is 9.59 Å². The predicted molar refractivity (Wildman–Crippen MR) is 107 cm³/mol. The molecule has 1 saturated carbocycles. The van der Waals surface area contributed by atoms with E-state index < -0.39 is 0 Å². The molecule has 148 valence electrons. The largest absolute Gasteiger partial charge is 0.354 e. The highest BCUT2D eigenvalue weighted by Crippen LogP contribution is 2.29. The third kappa shape index (κ3) is 4.89. The van der Waals surface area contributed by atoms with E-state index >= 15 is 0 Å². The summed E-state index contributed by atoms with van der Waals surface area (Å²) in [6, 6.07) is 8.93. The van der Waals surface area contributed by atoms with Gasteiger partial charge < -0.3 is 15.1 Å². The highest BCUT2D eigenvalue weighted by atomic mass is 16.2. The maximum Gasteiger partial charge on any atom is 0.225 e. The first-order valence-electron chi connectivity index (χ1n) is 10.3. The van der Waals surface area contributed by atoms with E-state index in [9.17, 15) is 9.59 Å². The zero-order valence-corrected chi connectivity index (χ0v) is 16.9. The molecule has 5 nitrogen and oxygen atoms in total. The molecule has 1 aliphatic heterocycles. The third-order valence-corrected chi connectivity index (χ3v) is 6.10. The second-order valence-corrected chi connectivity index (χ2v) is 8.37. The van der Waals surface area contributed by atoms with Crippen molar-refractivity contribution >= 4 is 11.8 Å². The lowest BCUT2D eigenvalue weighted by molar-refractivity contribution is -0.130. The minimum atomic E-state index is -0.208. The summed E-state index contributed by atoms with van der Waals surface area (Å²) < 4.78 is 0. The van der Waals surface area contributed by atoms with E-state index in [1.54, 1.807) is 0 Å². The van der Waals surface area contributed by atoms with Gasteiger partial charge in [-0.05, 0) is 39.4 Å². The Morgan fingerprint density at radius 1 is 1.19 bits per heavy atom. The Labute approximate surface area is 163 Å². The summed E-state index contributed by atoms with van der Waals surface area (Å²) in [5.41, 5.74) is 2.42. The number of hydrogen-bond acceptors (Lipinski definition) is 3. The Kier molecular flexibility index (Phi) is 6.53. The van der Waals surface area contributed by atoms with Gasteiger partial charge in [0.1, 0.15) is 0 Å². The molecule has 2 unspecified atom stereocenters. The van der Waals surface area contributed by atoms with Crippen molar-refractivity contribution in [1.82, 2.24) is 15.1 Å². The maximum absolute atomic E-state index is 12.7. The number of carbonyl (C=O) groups excluding carboxylic acids is 2. The molecule has 2 fully saturated rings. The topological polar surface area (TPSA) is 52.7 Å². The molecule has 0 aromatic heterocycles. The molecule has 1 heterocycles. The Morgan fingerprint density at radius 3 is 2.48 bits per heavy atom. The Morgan fingerprint density at radius 2 is 1.85 bits per heavy atom. The number of aryl methyl sites for hydroxylation is 1. The van der Waals surface area contributed by atoms with Crippen LogP contribution in [0.4, 0.5) is 0 Å². The molecule has 1 N–H and O–H groups in total. The second kappa shape index (κ2) is 8.87. The van der Waals surface area contributed by atoms with Crippen LogP contribution in [0.1, 0.15) is 55.7 Å². The van der Waals surface area contributed by atoms with Crippen LogP contribution in [-0.2, 0) is 9.59 Å². The van der Waals surface area contributed by atoms with Gasteiger partial charge in [-0.15, -0.1) is 0 Å². The summed E-state index contributed by atoms with van der Waals surface area (Å²) in [5, 5.41) is 3.10. The van der Waals surface area contributed by atoms with Crippen LogP contribution in [0.5, 0.6) is 0 Å². The molecule has 0 bridgehead atoms. The number of carbonyl (C=O) groups is 2. The highest BCUT2D eigenvalue weighted by Gasteiger charge is 2.38. The van der Waals surface area contributed by atoms with Crippen LogP contribution in [0.2, 0.25) is 0 Å². The molecule has 5 heteroatoms. The lowest BCUT2D eigenvalue weighted by atomic mass is 9.94. The van der Waals surface area contributed by atoms with Crippen LogP contribution >= 0.6 is 0 Å². The quantitative estimate of drug-likeness (QED) is 0.837. The predicted octanol–water partition coefficient (Wildman–Crippen LogP) is 2.90. The SMILES string of the molecule is Cc1ccc(C(CNC(=O)C2CC(=O)N(C3CCCCC3)C2)N(C)C)cc1. The second-order valence-electron chi connectivity index (χ2n) is 8.37. The van der Waals surface area contributed by atoms with E-state index in [4.69, 9.17) is 0 Å². The fraction of sp³-hybridized carbons (Fsp3) is 0.636. The summed E-state index contributed by atoms with van der Waals surface area (Å²) in [6.07, 6.45) is 6.22. The molecule has 0 radical (unpaired) electrons. The lowest BCUT2D eigenvalue weighted by Crippen LogP contribution is -2.40. The van der Waals surface area contributed by atoms with Crippen LogP contribution in [0.25, 0.3) is 0 Å². The molecule has 3 rings (SSSR count). The zero-order chi connectivity index (χ0) is 19.4. The van der Waals surface area contributed by atoms with Gasteiger partial charge in [0.15, 0.2) is 0 Å². The molecule has 2 atom stereocenters. The fourth-order valence-electron chi connectivity index (χ4n) is 4.38. The van der Waals surface area contributed by atoms with E-state index in [0.29, 0.717) is 25.6 Å². The number of likely N-dealkylation sites (tertiary alicyclic amines) is 1. The smallest absolute Gasteiger partial charge is 0.225 e. The first-order valence-corrected chi connectivity index (χ1v) is 10.3. The molecule has 1 saturated heterocycles. The van der Waals surface area contributed by atoms with E-state index in [1.165, 1.54) is 30.4 Å². The Hall–Kier alpha value is -1.88. The molecule has 1 aromatic rings. The standard InChI is InChI=1S/C22H33N3O2/c1-16-9-11-17(12-10-16)20(24(2)3)14-23-22(27)18-13-21(26)25(15-18)19-7-5-4-6-8-19/h9-12,18-20H,4-8,13-15H2,1-3H3,(H,23,27). The average Bonchev–Trinajstić information content (AvgIpc) is 3.05. The highest BCUT2D eigenvalue weighted by molar-refractivity contribution is 5.89. The van der Waals surface area contributed by atoms with Crippen molar-refractivity contribution in [3.63, 3.8) is 0 Å². The maximum atomic E-state index is 12.7. The van der Waals surface area contributed by atoms with Gasteiger partial charge >= 0.3 is 0 Å². The van der Waals surface area contributed by atoms with Crippen molar-refractivity contribution in [1.29, 1.82) is 0 Å². The Bertz CT molecular complexity index is 650. The summed E-state index contributed by atoms with van der Waals surface area (Å²) in [5.74, 6) is -0.0365. The van der Waals surface area contributed by atoms with Gasteiger partial charge in [-0.25, -0.2) is 0 Å². The molecule has 1 aliphatic carbocycles. The van der Waals surface area contributed by atoms with Crippen LogP contribution in [0.15, 0.2) is 24.3 Å². The van der Waals surface area contributed by atoms with Crippen molar-refractivity contribution in [3.8, 4) is 0 Å². The monoisotopic (exact) mass is 371 g/mol. The summed E-state index contributed by atoms with van der Waals surface area (Å²) >= 11 is 0. The normalized spacial score (nSPS) is 22.3. The minimum Gasteiger partial charge on any atom is -0.354 e. The van der Waals surface area contributed by atoms with Crippen molar-refractivity contribution in [3.05, 3.63) is 35.4 Å². The summed E-state index contributed by atoms with van der Waals surface area (Å²) in [4.78, 5) is 29.3. The number of nitrogens with one attached hydrogen (secondary N) is 1. The third-order valence-electron chi connectivity index (χ3n) is 6.10. The number of nitrogens with zero attached hydrogens (tertiary/aromatic N) is 2. The summed E-state index contributed by atoms with van der Waals surface area (Å²) in [7, 11) is 4.06. The number of rotatable bonds is 6. The van der Waals surface area contributed by atoms with Gasteiger partial charge in [0.2, 0.25) is 11.8 Å². The van der Waals surface area contributed by atoms with Crippen LogP contribution in [-0.4, -0.2) is 54.8 Å². The number of benzene rings is 1. The van der Waals surface area contributed by atoms with E-state index in [1.807, 2.05) is 19.0 Å². The fourth-order valence-corrected chi connectivity index (χ4v) is 4.38. The van der Waals surface area contributed by atoms with Gasteiger partial charge in [0.25, 0.3) is 0 Å². The molecule has 1 aromatic carbocycles. The molecule has 2 aliphatic rings. The number of amides is 2. The van der Waals surface area contributed by atoms with Crippen molar-refractivity contribution in [2.75, 3.05) is 27.2 Å². The van der Waals surface area contributed by atoms with Gasteiger partial charge in [-0.1, -0.05) is 49.1 Å². The van der Waals surface area contributed by atoms with Crippen molar-refractivity contribution < 1.29 is 9.59 Å². The Balaban J connectivity index is 1.56. The van der Waals surface area contributed by atoms with Gasteiger partial charge in [0.05, 0.1) is 12.0 Å². The molecule has 0 spiro atoms.